The number of H-pyrrole nitrogens is 1. The molecule has 3 rings (SSSR count). The normalized spacial score (nSPS) is 12.3. The fourth-order valence-corrected chi connectivity index (χ4v) is 3.07. The van der Waals surface area contributed by atoms with E-state index in [1.807, 2.05) is 48.5 Å². The first-order valence-electron chi connectivity index (χ1n) is 8.94. The number of benzene rings is 2. The number of carbonyl (C=O) groups is 1. The van der Waals surface area contributed by atoms with Crippen molar-refractivity contribution in [2.75, 3.05) is 7.11 Å². The maximum atomic E-state index is 12.5. The van der Waals surface area contributed by atoms with Gasteiger partial charge in [-0.25, -0.2) is 4.98 Å². The van der Waals surface area contributed by atoms with Gasteiger partial charge in [0.2, 0.25) is 5.91 Å². The smallest absolute Gasteiger partial charge is 0.220 e. The molecule has 136 valence electrons. The Labute approximate surface area is 153 Å². The number of hydrogen-bond donors (Lipinski definition) is 2. The largest absolute Gasteiger partial charge is 0.496 e. The molecule has 0 saturated carbocycles. The summed E-state index contributed by atoms with van der Waals surface area (Å²) >= 11 is 0. The second-order valence-electron chi connectivity index (χ2n) is 6.74. The van der Waals surface area contributed by atoms with Gasteiger partial charge in [0.1, 0.15) is 11.6 Å². The van der Waals surface area contributed by atoms with E-state index < -0.39 is 0 Å². The number of aromatic nitrogens is 2. The second kappa shape index (κ2) is 8.04. The van der Waals surface area contributed by atoms with Crippen molar-refractivity contribution >= 4 is 16.9 Å². The third-order valence-electron chi connectivity index (χ3n) is 4.50. The lowest BCUT2D eigenvalue weighted by atomic mass is 10.0. The minimum atomic E-state index is -0.146. The molecule has 0 fully saturated rings. The molecule has 0 aliphatic heterocycles. The number of methoxy groups -OCH3 is 1. The van der Waals surface area contributed by atoms with Crippen LogP contribution in [0.15, 0.2) is 48.5 Å². The molecule has 3 aromatic rings. The van der Waals surface area contributed by atoms with E-state index in [1.54, 1.807) is 7.11 Å². The summed E-state index contributed by atoms with van der Waals surface area (Å²) in [5.41, 5.74) is 2.93. The summed E-state index contributed by atoms with van der Waals surface area (Å²) < 4.78 is 5.35. The quantitative estimate of drug-likeness (QED) is 0.676. The van der Waals surface area contributed by atoms with E-state index in [4.69, 9.17) is 4.74 Å². The Morgan fingerprint density at radius 1 is 1.15 bits per heavy atom. The zero-order valence-electron chi connectivity index (χ0n) is 15.5. The average Bonchev–Trinajstić information content (AvgIpc) is 3.08. The molecule has 5 heteroatoms. The molecule has 1 heterocycles. The maximum absolute atomic E-state index is 12.5. The lowest BCUT2D eigenvalue weighted by molar-refractivity contribution is -0.122. The van der Waals surface area contributed by atoms with Gasteiger partial charge in [-0.2, -0.15) is 0 Å². The van der Waals surface area contributed by atoms with Gasteiger partial charge in [0.15, 0.2) is 0 Å². The van der Waals surface area contributed by atoms with Crippen LogP contribution in [0.5, 0.6) is 5.75 Å². The monoisotopic (exact) mass is 351 g/mol. The summed E-state index contributed by atoms with van der Waals surface area (Å²) in [4.78, 5) is 20.5. The first kappa shape index (κ1) is 18.0. The molecule has 0 saturated heterocycles. The summed E-state index contributed by atoms with van der Waals surface area (Å²) in [5.74, 6) is 1.85. The van der Waals surface area contributed by atoms with Crippen molar-refractivity contribution in [3.63, 3.8) is 0 Å². The van der Waals surface area contributed by atoms with Gasteiger partial charge in [-0.05, 0) is 36.1 Å². The van der Waals surface area contributed by atoms with Gasteiger partial charge in [0.05, 0.1) is 24.2 Å². The van der Waals surface area contributed by atoms with Crippen LogP contribution in [0.3, 0.4) is 0 Å². The van der Waals surface area contributed by atoms with Crippen LogP contribution < -0.4 is 10.1 Å². The molecule has 2 N–H and O–H groups in total. The van der Waals surface area contributed by atoms with E-state index in [0.29, 0.717) is 12.8 Å². The predicted octanol–water partition coefficient (Wildman–Crippen LogP) is 4.02. The predicted molar refractivity (Wildman–Crippen MR) is 103 cm³/mol. The highest BCUT2D eigenvalue weighted by molar-refractivity contribution is 5.78. The number of para-hydroxylation sites is 3. The first-order valence-corrected chi connectivity index (χ1v) is 8.94. The van der Waals surface area contributed by atoms with Crippen LogP contribution in [0.25, 0.3) is 11.0 Å². The summed E-state index contributed by atoms with van der Waals surface area (Å²) in [6, 6.07) is 15.5. The summed E-state index contributed by atoms with van der Waals surface area (Å²) in [7, 11) is 1.65. The molecule has 26 heavy (non-hydrogen) atoms. The number of aryl methyl sites for hydroxylation is 1. The number of aromatic amines is 1. The van der Waals surface area contributed by atoms with E-state index >= 15 is 0 Å². The topological polar surface area (TPSA) is 67.0 Å². The number of fused-ring (bicyclic) bond motifs is 1. The van der Waals surface area contributed by atoms with Gasteiger partial charge in [0.25, 0.3) is 0 Å². The SMILES string of the molecule is COc1ccccc1CCC(=O)NC(c1nc2ccccc2[nH]1)C(C)C. The number of rotatable bonds is 7. The van der Waals surface area contributed by atoms with E-state index in [1.165, 1.54) is 0 Å². The molecule has 1 atom stereocenters. The lowest BCUT2D eigenvalue weighted by Crippen LogP contribution is -2.32. The van der Waals surface area contributed by atoms with Crippen molar-refractivity contribution in [2.45, 2.75) is 32.7 Å². The first-order chi connectivity index (χ1) is 12.6. The molecule has 2 aromatic carbocycles. The Hall–Kier alpha value is -2.82. The molecule has 5 nitrogen and oxygen atoms in total. The van der Waals surface area contributed by atoms with Crippen molar-refractivity contribution in [1.29, 1.82) is 0 Å². The highest BCUT2D eigenvalue weighted by atomic mass is 16.5. The van der Waals surface area contributed by atoms with Crippen LogP contribution >= 0.6 is 0 Å². The van der Waals surface area contributed by atoms with E-state index in [0.717, 1.165) is 28.2 Å². The van der Waals surface area contributed by atoms with Crippen molar-refractivity contribution in [2.24, 2.45) is 5.92 Å². The minimum Gasteiger partial charge on any atom is -0.496 e. The number of carbonyl (C=O) groups excluding carboxylic acids is 1. The maximum Gasteiger partial charge on any atom is 0.220 e. The lowest BCUT2D eigenvalue weighted by Gasteiger charge is -2.20. The fourth-order valence-electron chi connectivity index (χ4n) is 3.07. The molecule has 0 spiro atoms. The third-order valence-corrected chi connectivity index (χ3v) is 4.50. The van der Waals surface area contributed by atoms with Gasteiger partial charge in [0, 0.05) is 6.42 Å². The van der Waals surface area contributed by atoms with Gasteiger partial charge >= 0.3 is 0 Å². The molecule has 0 radical (unpaired) electrons. The van der Waals surface area contributed by atoms with Crippen molar-refractivity contribution in [1.82, 2.24) is 15.3 Å². The number of hydrogen-bond acceptors (Lipinski definition) is 3. The van der Waals surface area contributed by atoms with Crippen LogP contribution in [-0.4, -0.2) is 23.0 Å². The van der Waals surface area contributed by atoms with Gasteiger partial charge in [-0.15, -0.1) is 0 Å². The zero-order chi connectivity index (χ0) is 18.5. The molecule has 1 amide bonds. The van der Waals surface area contributed by atoms with E-state index in [9.17, 15) is 4.79 Å². The number of nitrogens with zero attached hydrogens (tertiary/aromatic N) is 1. The summed E-state index contributed by atoms with van der Waals surface area (Å²) in [6.07, 6.45) is 1.05. The Kier molecular flexibility index (Phi) is 5.56. The molecule has 1 aromatic heterocycles. The van der Waals surface area contributed by atoms with E-state index in [-0.39, 0.29) is 17.9 Å². The van der Waals surface area contributed by atoms with Crippen LogP contribution in [0.1, 0.15) is 37.7 Å². The fraction of sp³-hybridized carbons (Fsp3) is 0.333. The van der Waals surface area contributed by atoms with Crippen LogP contribution in [-0.2, 0) is 11.2 Å². The molecule has 0 bridgehead atoms. The Balaban J connectivity index is 1.68. The number of nitrogens with one attached hydrogen (secondary N) is 2. The number of imidazole rings is 1. The summed E-state index contributed by atoms with van der Waals surface area (Å²) in [5, 5.41) is 3.13. The number of amides is 1. The van der Waals surface area contributed by atoms with Gasteiger partial charge in [-0.3, -0.25) is 4.79 Å². The van der Waals surface area contributed by atoms with Gasteiger partial charge < -0.3 is 15.0 Å². The van der Waals surface area contributed by atoms with Crippen LogP contribution in [0.2, 0.25) is 0 Å². The average molecular weight is 351 g/mol. The van der Waals surface area contributed by atoms with E-state index in [2.05, 4.69) is 29.1 Å². The number of ether oxygens (including phenoxy) is 1. The van der Waals surface area contributed by atoms with Gasteiger partial charge in [-0.1, -0.05) is 44.2 Å². The zero-order valence-corrected chi connectivity index (χ0v) is 15.5. The van der Waals surface area contributed by atoms with Crippen molar-refractivity contribution in [3.8, 4) is 5.75 Å². The Morgan fingerprint density at radius 3 is 2.62 bits per heavy atom. The standard InChI is InChI=1S/C21H25N3O2/c1-14(2)20(21-22-16-9-5-6-10-17(16)23-21)24-19(25)13-12-15-8-4-7-11-18(15)26-3/h4-11,14,20H,12-13H2,1-3H3,(H,22,23)(H,24,25). The highest BCUT2D eigenvalue weighted by Gasteiger charge is 2.21. The van der Waals surface area contributed by atoms with Crippen LogP contribution in [0, 0.1) is 5.92 Å². The Morgan fingerprint density at radius 2 is 1.88 bits per heavy atom. The molecular formula is C21H25N3O2. The van der Waals surface area contributed by atoms with Crippen molar-refractivity contribution in [3.05, 3.63) is 59.9 Å². The second-order valence-corrected chi connectivity index (χ2v) is 6.74. The molecule has 0 aliphatic rings. The molecular weight excluding hydrogens is 326 g/mol. The summed E-state index contributed by atoms with van der Waals surface area (Å²) in [6.45, 7) is 4.16. The van der Waals surface area contributed by atoms with Crippen LogP contribution in [0.4, 0.5) is 0 Å². The van der Waals surface area contributed by atoms with Crippen molar-refractivity contribution < 1.29 is 9.53 Å². The Bertz CT molecular complexity index is 853. The highest BCUT2D eigenvalue weighted by Crippen LogP contribution is 2.23. The molecule has 0 aliphatic carbocycles. The minimum absolute atomic E-state index is 0.00932. The third kappa shape index (κ3) is 4.04. The molecule has 1 unspecified atom stereocenters.